The van der Waals surface area contributed by atoms with Crippen LogP contribution in [0.5, 0.6) is 0 Å². The molecule has 0 spiro atoms. The van der Waals surface area contributed by atoms with E-state index in [1.54, 1.807) is 18.2 Å². The number of benzene rings is 1. The first-order valence-corrected chi connectivity index (χ1v) is 8.20. The average Bonchev–Trinajstić information content (AvgIpc) is 2.45. The Bertz CT molecular complexity index is 840. The van der Waals surface area contributed by atoms with E-state index >= 15 is 0 Å². The molecule has 0 unspecified atom stereocenters. The first-order valence-electron chi connectivity index (χ1n) is 6.17. The lowest BCUT2D eigenvalue weighted by molar-refractivity contribution is 0.581. The maximum absolute atomic E-state index is 12.1. The molecule has 21 heavy (non-hydrogen) atoms. The van der Waals surface area contributed by atoms with Gasteiger partial charge in [-0.3, -0.25) is 14.3 Å². The topological polar surface area (TPSA) is 89.0 Å². The number of halogens is 1. The molecule has 8 heteroatoms. The van der Waals surface area contributed by atoms with Gasteiger partial charge in [0.15, 0.2) is 9.84 Å². The van der Waals surface area contributed by atoms with Gasteiger partial charge in [0.2, 0.25) is 0 Å². The fraction of sp³-hybridized carbons (Fsp3) is 0.231. The Hall–Kier alpha value is -1.86. The molecule has 0 aliphatic carbocycles. The van der Waals surface area contributed by atoms with E-state index < -0.39 is 21.1 Å². The summed E-state index contributed by atoms with van der Waals surface area (Å²) in [5.74, 6) is -0.0970. The van der Waals surface area contributed by atoms with Crippen LogP contribution in [-0.2, 0) is 16.4 Å². The number of aromatic nitrogens is 2. The molecule has 0 radical (unpaired) electrons. The van der Waals surface area contributed by atoms with Gasteiger partial charge in [0.05, 0.1) is 10.6 Å². The van der Waals surface area contributed by atoms with Gasteiger partial charge in [0.1, 0.15) is 5.02 Å². The highest BCUT2D eigenvalue weighted by molar-refractivity contribution is 7.91. The molecule has 0 amide bonds. The van der Waals surface area contributed by atoms with Crippen molar-refractivity contribution in [3.05, 3.63) is 62.4 Å². The van der Waals surface area contributed by atoms with E-state index in [-0.39, 0.29) is 28.6 Å². The van der Waals surface area contributed by atoms with Crippen molar-refractivity contribution in [3.8, 4) is 0 Å². The van der Waals surface area contributed by atoms with Gasteiger partial charge < -0.3 is 0 Å². The Morgan fingerprint density at radius 3 is 2.48 bits per heavy atom. The zero-order valence-electron chi connectivity index (χ0n) is 11.0. The monoisotopic (exact) mass is 328 g/mol. The van der Waals surface area contributed by atoms with Crippen molar-refractivity contribution >= 4 is 21.4 Å². The largest absolute Gasteiger partial charge is 0.328 e. The highest BCUT2D eigenvalue weighted by atomic mass is 35.5. The summed E-state index contributed by atoms with van der Waals surface area (Å²) in [6, 6.07) is 8.09. The SMILES string of the molecule is O=c1[nH]c(=O)n(CCCS(=O)(=O)c2ccccc2)cc1Cl. The van der Waals surface area contributed by atoms with E-state index in [2.05, 4.69) is 4.98 Å². The minimum atomic E-state index is -3.38. The molecular weight excluding hydrogens is 316 g/mol. The third kappa shape index (κ3) is 3.83. The molecule has 112 valence electrons. The lowest BCUT2D eigenvalue weighted by Gasteiger charge is -2.06. The van der Waals surface area contributed by atoms with Gasteiger partial charge in [-0.2, -0.15) is 0 Å². The summed E-state index contributed by atoms with van der Waals surface area (Å²) in [5, 5.41) is -0.111. The molecule has 0 fully saturated rings. The van der Waals surface area contributed by atoms with Crippen LogP contribution < -0.4 is 11.2 Å². The number of nitrogens with one attached hydrogen (secondary N) is 1. The molecular formula is C13H13ClN2O4S. The standard InChI is InChI=1S/C13H13ClN2O4S/c14-11-9-16(13(18)15-12(11)17)7-4-8-21(19,20)10-5-2-1-3-6-10/h1-3,5-6,9H,4,7-8H2,(H,15,17,18). The van der Waals surface area contributed by atoms with Crippen LogP contribution in [0, 0.1) is 0 Å². The first-order chi connectivity index (χ1) is 9.90. The van der Waals surface area contributed by atoms with Gasteiger partial charge in [-0.1, -0.05) is 29.8 Å². The zero-order chi connectivity index (χ0) is 15.5. The molecule has 0 atom stereocenters. The van der Waals surface area contributed by atoms with Crippen molar-refractivity contribution in [2.75, 3.05) is 5.75 Å². The number of aryl methyl sites for hydroxylation is 1. The minimum absolute atomic E-state index is 0.0970. The zero-order valence-corrected chi connectivity index (χ0v) is 12.5. The maximum Gasteiger partial charge on any atom is 0.328 e. The summed E-state index contributed by atoms with van der Waals surface area (Å²) in [6.45, 7) is 0.154. The fourth-order valence-corrected chi connectivity index (χ4v) is 3.30. The van der Waals surface area contributed by atoms with Crippen LogP contribution in [0.1, 0.15) is 6.42 Å². The third-order valence-corrected chi connectivity index (χ3v) is 4.97. The van der Waals surface area contributed by atoms with E-state index in [4.69, 9.17) is 11.6 Å². The normalized spacial score (nSPS) is 11.5. The molecule has 0 saturated heterocycles. The Morgan fingerprint density at radius 2 is 1.81 bits per heavy atom. The van der Waals surface area contributed by atoms with Gasteiger partial charge in [-0.25, -0.2) is 13.2 Å². The molecule has 2 aromatic rings. The number of sulfone groups is 1. The number of rotatable bonds is 5. The van der Waals surface area contributed by atoms with Crippen LogP contribution in [-0.4, -0.2) is 23.7 Å². The van der Waals surface area contributed by atoms with E-state index in [9.17, 15) is 18.0 Å². The van der Waals surface area contributed by atoms with Crippen LogP contribution in [0.3, 0.4) is 0 Å². The highest BCUT2D eigenvalue weighted by Crippen LogP contribution is 2.11. The smallest absolute Gasteiger partial charge is 0.299 e. The molecule has 0 bridgehead atoms. The second-order valence-electron chi connectivity index (χ2n) is 4.42. The molecule has 1 aromatic carbocycles. The maximum atomic E-state index is 12.1. The van der Waals surface area contributed by atoms with E-state index in [1.165, 1.54) is 22.9 Å². The summed E-state index contributed by atoms with van der Waals surface area (Å²) in [7, 11) is -3.38. The van der Waals surface area contributed by atoms with Gasteiger partial charge in [0.25, 0.3) is 5.56 Å². The summed E-state index contributed by atoms with van der Waals surface area (Å²) in [4.78, 5) is 24.9. The van der Waals surface area contributed by atoms with Crippen LogP contribution >= 0.6 is 11.6 Å². The molecule has 0 aliphatic heterocycles. The molecule has 6 nitrogen and oxygen atoms in total. The quantitative estimate of drug-likeness (QED) is 0.888. The summed E-state index contributed by atoms with van der Waals surface area (Å²) < 4.78 is 25.3. The Kier molecular flexibility index (Phi) is 4.64. The highest BCUT2D eigenvalue weighted by Gasteiger charge is 2.13. The molecule has 1 aromatic heterocycles. The van der Waals surface area contributed by atoms with Crippen molar-refractivity contribution < 1.29 is 8.42 Å². The Labute approximate surface area is 125 Å². The summed E-state index contributed by atoms with van der Waals surface area (Å²) in [5.41, 5.74) is -1.27. The first kappa shape index (κ1) is 15.5. The van der Waals surface area contributed by atoms with Crippen LogP contribution in [0.4, 0.5) is 0 Å². The van der Waals surface area contributed by atoms with E-state index in [1.807, 2.05) is 0 Å². The number of hydrogen-bond donors (Lipinski definition) is 1. The Morgan fingerprint density at radius 1 is 1.14 bits per heavy atom. The van der Waals surface area contributed by atoms with Gasteiger partial charge >= 0.3 is 5.69 Å². The van der Waals surface area contributed by atoms with Crippen LogP contribution in [0.25, 0.3) is 0 Å². The molecule has 0 saturated carbocycles. The lowest BCUT2D eigenvalue weighted by atomic mass is 10.4. The molecule has 0 aliphatic rings. The minimum Gasteiger partial charge on any atom is -0.299 e. The van der Waals surface area contributed by atoms with Crippen molar-refractivity contribution in [1.29, 1.82) is 0 Å². The summed E-state index contributed by atoms with van der Waals surface area (Å²) >= 11 is 5.63. The van der Waals surface area contributed by atoms with Crippen LogP contribution in [0.2, 0.25) is 5.02 Å². The van der Waals surface area contributed by atoms with Gasteiger partial charge in [-0.05, 0) is 18.6 Å². The average molecular weight is 329 g/mol. The van der Waals surface area contributed by atoms with Crippen molar-refractivity contribution in [1.82, 2.24) is 9.55 Å². The van der Waals surface area contributed by atoms with Crippen LogP contribution in [0.15, 0.2) is 51.0 Å². The summed E-state index contributed by atoms with van der Waals surface area (Å²) in [6.07, 6.45) is 1.44. The predicted molar refractivity (Wildman–Crippen MR) is 79.4 cm³/mol. The lowest BCUT2D eigenvalue weighted by Crippen LogP contribution is -2.30. The fourth-order valence-electron chi connectivity index (χ4n) is 1.82. The van der Waals surface area contributed by atoms with Crippen molar-refractivity contribution in [2.45, 2.75) is 17.9 Å². The van der Waals surface area contributed by atoms with Gasteiger partial charge in [-0.15, -0.1) is 0 Å². The second-order valence-corrected chi connectivity index (χ2v) is 6.93. The van der Waals surface area contributed by atoms with E-state index in [0.717, 1.165) is 0 Å². The molecule has 1 heterocycles. The molecule has 1 N–H and O–H groups in total. The van der Waals surface area contributed by atoms with Gasteiger partial charge in [0, 0.05) is 12.7 Å². The number of aromatic amines is 1. The van der Waals surface area contributed by atoms with Crippen molar-refractivity contribution in [2.24, 2.45) is 0 Å². The number of hydrogen-bond acceptors (Lipinski definition) is 4. The third-order valence-electron chi connectivity index (χ3n) is 2.88. The van der Waals surface area contributed by atoms with E-state index in [0.29, 0.717) is 0 Å². The molecule has 2 rings (SSSR count). The number of H-pyrrole nitrogens is 1. The second kappa shape index (κ2) is 6.28. The van der Waals surface area contributed by atoms with Crippen molar-refractivity contribution in [3.63, 3.8) is 0 Å². The Balaban J connectivity index is 2.07. The number of nitrogens with zero attached hydrogens (tertiary/aromatic N) is 1. The predicted octanol–water partition coefficient (Wildman–Crippen LogP) is 1.05.